The van der Waals surface area contributed by atoms with Crippen LogP contribution in [0.3, 0.4) is 0 Å². The van der Waals surface area contributed by atoms with Crippen LogP contribution in [0.5, 0.6) is 11.5 Å². The van der Waals surface area contributed by atoms with E-state index in [4.69, 9.17) is 9.47 Å². The molecule has 0 bridgehead atoms. The molecule has 4 rings (SSSR count). The van der Waals surface area contributed by atoms with Gasteiger partial charge in [-0.15, -0.1) is 0 Å². The molecule has 1 heterocycles. The maximum atomic E-state index is 13.3. The summed E-state index contributed by atoms with van der Waals surface area (Å²) in [5.41, 5.74) is -0.284. The van der Waals surface area contributed by atoms with Gasteiger partial charge in [0.15, 0.2) is 17.3 Å². The molecule has 0 saturated carbocycles. The lowest BCUT2D eigenvalue weighted by Gasteiger charge is -2.13. The van der Waals surface area contributed by atoms with E-state index in [0.29, 0.717) is 34.6 Å². The third kappa shape index (κ3) is 5.16. The lowest BCUT2D eigenvalue weighted by molar-refractivity contribution is -0.137. The van der Waals surface area contributed by atoms with E-state index in [1.54, 1.807) is 36.4 Å². The Bertz CT molecular complexity index is 1480. The van der Waals surface area contributed by atoms with E-state index < -0.39 is 17.3 Å². The second-order valence-electron chi connectivity index (χ2n) is 7.36. The quantitative estimate of drug-likeness (QED) is 0.204. The van der Waals surface area contributed by atoms with Crippen LogP contribution >= 0.6 is 22.6 Å². The summed E-state index contributed by atoms with van der Waals surface area (Å²) in [4.78, 5) is 17.8. The Morgan fingerprint density at radius 3 is 2.60 bits per heavy atom. The zero-order chi connectivity index (χ0) is 25.2. The van der Waals surface area contributed by atoms with E-state index in [9.17, 15) is 18.0 Å². The molecule has 0 aliphatic heterocycles. The lowest BCUT2D eigenvalue weighted by atomic mass is 10.1. The number of hydrogen-bond donors (Lipinski definition) is 0. The molecule has 0 saturated heterocycles. The first-order valence-corrected chi connectivity index (χ1v) is 11.5. The highest BCUT2D eigenvalue weighted by Gasteiger charge is 2.31. The first-order chi connectivity index (χ1) is 16.7. The molecule has 4 aromatic rings. The zero-order valence-electron chi connectivity index (χ0n) is 18.6. The van der Waals surface area contributed by atoms with Gasteiger partial charge in [-0.1, -0.05) is 24.3 Å². The number of alkyl halides is 3. The Hall–Kier alpha value is -3.41. The first-order valence-electron chi connectivity index (χ1n) is 10.5. The Morgan fingerprint density at radius 1 is 1.11 bits per heavy atom. The van der Waals surface area contributed by atoms with Crippen molar-refractivity contribution in [3.8, 4) is 22.9 Å². The van der Waals surface area contributed by atoms with Gasteiger partial charge >= 0.3 is 6.18 Å². The number of hydrogen-bond acceptors (Lipinski definition) is 5. The monoisotopic (exact) mass is 593 g/mol. The van der Waals surface area contributed by atoms with E-state index in [0.717, 1.165) is 20.4 Å². The van der Waals surface area contributed by atoms with Gasteiger partial charge in [0, 0.05) is 5.56 Å². The van der Waals surface area contributed by atoms with Crippen LogP contribution in [0.1, 0.15) is 18.1 Å². The fourth-order valence-electron chi connectivity index (χ4n) is 3.50. The summed E-state index contributed by atoms with van der Waals surface area (Å²) in [5.74, 6) is 1.06. The largest absolute Gasteiger partial charge is 0.492 e. The van der Waals surface area contributed by atoms with Crippen molar-refractivity contribution in [1.82, 2.24) is 9.66 Å². The average Bonchev–Trinajstić information content (AvgIpc) is 2.83. The van der Waals surface area contributed by atoms with Gasteiger partial charge in [0.25, 0.3) is 5.56 Å². The molecule has 0 aliphatic carbocycles. The van der Waals surface area contributed by atoms with Crippen molar-refractivity contribution in [3.63, 3.8) is 0 Å². The highest BCUT2D eigenvalue weighted by Crippen LogP contribution is 2.34. The lowest BCUT2D eigenvalue weighted by Crippen LogP contribution is -2.20. The predicted molar refractivity (Wildman–Crippen MR) is 136 cm³/mol. The van der Waals surface area contributed by atoms with Gasteiger partial charge in [-0.3, -0.25) is 4.79 Å². The minimum atomic E-state index is -4.54. The normalized spacial score (nSPS) is 11.8. The van der Waals surface area contributed by atoms with Crippen LogP contribution in [0.4, 0.5) is 13.2 Å². The maximum absolute atomic E-state index is 13.3. The number of halogens is 4. The smallest absolute Gasteiger partial charge is 0.416 e. The second kappa shape index (κ2) is 10.1. The van der Waals surface area contributed by atoms with Gasteiger partial charge in [0.05, 0.1) is 40.0 Å². The van der Waals surface area contributed by atoms with E-state index in [2.05, 4.69) is 32.7 Å². The fourth-order valence-corrected chi connectivity index (χ4v) is 4.35. The molecule has 35 heavy (non-hydrogen) atoms. The molecule has 0 aliphatic rings. The number of methoxy groups -OCH3 is 1. The average molecular weight is 593 g/mol. The summed E-state index contributed by atoms with van der Waals surface area (Å²) in [5, 5.41) is 4.62. The molecule has 0 fully saturated rings. The summed E-state index contributed by atoms with van der Waals surface area (Å²) < 4.78 is 52.8. The Kier molecular flexibility index (Phi) is 7.10. The summed E-state index contributed by atoms with van der Waals surface area (Å²) in [6.45, 7) is 2.26. The van der Waals surface area contributed by atoms with Gasteiger partial charge in [-0.05, 0) is 71.5 Å². The molecular weight excluding hydrogens is 574 g/mol. The molecule has 0 amide bonds. The number of para-hydroxylation sites is 1. The van der Waals surface area contributed by atoms with Crippen LogP contribution in [0, 0.1) is 3.57 Å². The van der Waals surface area contributed by atoms with Crippen LogP contribution < -0.4 is 15.0 Å². The van der Waals surface area contributed by atoms with Gasteiger partial charge < -0.3 is 9.47 Å². The van der Waals surface area contributed by atoms with Crippen molar-refractivity contribution in [3.05, 3.63) is 85.7 Å². The van der Waals surface area contributed by atoms with Gasteiger partial charge in [-0.2, -0.15) is 22.9 Å². The Balaban J connectivity index is 1.90. The Morgan fingerprint density at radius 2 is 1.89 bits per heavy atom. The topological polar surface area (TPSA) is 65.7 Å². The number of benzene rings is 3. The minimum Gasteiger partial charge on any atom is -0.492 e. The van der Waals surface area contributed by atoms with Gasteiger partial charge in [0.1, 0.15) is 0 Å². The maximum Gasteiger partial charge on any atom is 0.416 e. The molecule has 0 N–H and O–H groups in total. The number of rotatable bonds is 6. The minimum absolute atomic E-state index is 0.00992. The molecule has 1 aromatic heterocycles. The molecule has 0 unspecified atom stereocenters. The third-order valence-electron chi connectivity index (χ3n) is 5.06. The van der Waals surface area contributed by atoms with Crippen molar-refractivity contribution in [2.45, 2.75) is 13.1 Å². The van der Waals surface area contributed by atoms with Crippen LogP contribution in [0.25, 0.3) is 22.3 Å². The first kappa shape index (κ1) is 24.7. The standard InChI is InChI=1S/C25H19F3IN3O3/c1-3-35-21-12-15(11-19(29)22(21)34-2)14-30-32-23(16-7-6-8-17(13-16)25(26,27)28)31-20-10-5-4-9-18(20)24(32)33/h4-14H,3H2,1-2H3. The number of ether oxygens (including phenoxy) is 2. The van der Waals surface area contributed by atoms with Crippen molar-refractivity contribution in [2.24, 2.45) is 5.10 Å². The molecule has 6 nitrogen and oxygen atoms in total. The summed E-state index contributed by atoms with van der Waals surface area (Å²) >= 11 is 2.10. The summed E-state index contributed by atoms with van der Waals surface area (Å²) in [6, 6.07) is 14.7. The van der Waals surface area contributed by atoms with E-state index in [-0.39, 0.29) is 11.4 Å². The molecule has 0 atom stereocenters. The fraction of sp³-hybridized carbons (Fsp3) is 0.160. The molecule has 0 spiro atoms. The van der Waals surface area contributed by atoms with Crippen LogP contribution in [0.15, 0.2) is 70.6 Å². The molecular formula is C25H19F3IN3O3. The van der Waals surface area contributed by atoms with Crippen molar-refractivity contribution in [1.29, 1.82) is 0 Å². The summed E-state index contributed by atoms with van der Waals surface area (Å²) in [7, 11) is 1.54. The van der Waals surface area contributed by atoms with E-state index in [1.165, 1.54) is 25.5 Å². The highest BCUT2D eigenvalue weighted by atomic mass is 127. The van der Waals surface area contributed by atoms with Crippen LogP contribution in [-0.2, 0) is 6.18 Å². The number of nitrogens with zero attached hydrogens (tertiary/aromatic N) is 3. The van der Waals surface area contributed by atoms with E-state index >= 15 is 0 Å². The third-order valence-corrected chi connectivity index (χ3v) is 5.86. The van der Waals surface area contributed by atoms with E-state index in [1.807, 2.05) is 6.92 Å². The zero-order valence-corrected chi connectivity index (χ0v) is 20.8. The molecule has 180 valence electrons. The molecule has 10 heteroatoms. The van der Waals surface area contributed by atoms with Crippen molar-refractivity contribution >= 4 is 39.7 Å². The Labute approximate surface area is 212 Å². The number of fused-ring (bicyclic) bond motifs is 1. The second-order valence-corrected chi connectivity index (χ2v) is 8.52. The van der Waals surface area contributed by atoms with Crippen molar-refractivity contribution in [2.75, 3.05) is 13.7 Å². The van der Waals surface area contributed by atoms with Crippen LogP contribution in [0.2, 0.25) is 0 Å². The molecule has 0 radical (unpaired) electrons. The van der Waals surface area contributed by atoms with Crippen LogP contribution in [-0.4, -0.2) is 29.6 Å². The van der Waals surface area contributed by atoms with Gasteiger partial charge in [0.2, 0.25) is 0 Å². The predicted octanol–water partition coefficient (Wildman–Crippen LogP) is 5.98. The summed E-state index contributed by atoms with van der Waals surface area (Å²) in [6.07, 6.45) is -3.12. The van der Waals surface area contributed by atoms with Gasteiger partial charge in [-0.25, -0.2) is 4.98 Å². The highest BCUT2D eigenvalue weighted by molar-refractivity contribution is 14.1. The number of aromatic nitrogens is 2. The molecule has 3 aromatic carbocycles. The van der Waals surface area contributed by atoms with Crippen molar-refractivity contribution < 1.29 is 22.6 Å². The SMILES string of the molecule is CCOc1cc(C=Nn2c(-c3cccc(C(F)(F)F)c3)nc3ccccc3c2=O)cc(I)c1OC.